The molecule has 1 aliphatic heterocycles. The van der Waals surface area contributed by atoms with Crippen LogP contribution in [0.15, 0.2) is 4.99 Å². The van der Waals surface area contributed by atoms with Crippen molar-refractivity contribution in [3.8, 4) is 0 Å². The van der Waals surface area contributed by atoms with E-state index in [2.05, 4.69) is 26.3 Å². The van der Waals surface area contributed by atoms with Gasteiger partial charge in [0, 0.05) is 20.0 Å². The van der Waals surface area contributed by atoms with E-state index in [0.717, 1.165) is 24.2 Å². The maximum atomic E-state index is 13.4. The maximum absolute atomic E-state index is 13.4. The number of nitrogens with two attached hydrogens (primary N) is 3. The van der Waals surface area contributed by atoms with Crippen molar-refractivity contribution in [3.05, 3.63) is 0 Å². The van der Waals surface area contributed by atoms with E-state index in [-0.39, 0.29) is 37.7 Å². The number of carbonyl (C=O) groups excluding carboxylic acids is 6. The van der Waals surface area contributed by atoms with Gasteiger partial charge in [-0.05, 0) is 38.0 Å². The minimum atomic E-state index is -1.57. The number of carboxylic acids is 1. The minimum absolute atomic E-state index is 0.107. The van der Waals surface area contributed by atoms with Gasteiger partial charge >= 0.3 is 5.97 Å². The van der Waals surface area contributed by atoms with Gasteiger partial charge in [-0.2, -0.15) is 0 Å². The van der Waals surface area contributed by atoms with Crippen LogP contribution in [0, 0.1) is 5.92 Å². The molecule has 2 fully saturated rings. The number of aliphatic imine (C=N–C) groups is 1. The number of guanidine groups is 1. The first kappa shape index (κ1) is 34.8. The van der Waals surface area contributed by atoms with Crippen molar-refractivity contribution >= 4 is 47.4 Å². The van der Waals surface area contributed by atoms with E-state index in [9.17, 15) is 38.7 Å². The Labute approximate surface area is 249 Å². The Morgan fingerprint density at radius 1 is 0.930 bits per heavy atom. The normalized spacial score (nSPS) is 25.4. The average molecular weight is 610 g/mol. The van der Waals surface area contributed by atoms with E-state index in [1.807, 2.05) is 0 Å². The minimum Gasteiger partial charge on any atom is -0.481 e. The van der Waals surface area contributed by atoms with Crippen LogP contribution in [0.25, 0.3) is 0 Å². The Balaban J connectivity index is 2.40. The number of rotatable bonds is 8. The van der Waals surface area contributed by atoms with Crippen molar-refractivity contribution in [1.82, 2.24) is 26.2 Å². The number of carboxylic acid groups (broad SMARTS) is 1. The highest BCUT2D eigenvalue weighted by Gasteiger charge is 2.36. The molecule has 1 heterocycles. The summed E-state index contributed by atoms with van der Waals surface area (Å²) in [5.41, 5.74) is 16.2. The molecule has 1 saturated heterocycles. The zero-order valence-corrected chi connectivity index (χ0v) is 24.3. The summed E-state index contributed by atoms with van der Waals surface area (Å²) >= 11 is 0. The molecule has 0 radical (unpaired) electrons. The van der Waals surface area contributed by atoms with Crippen molar-refractivity contribution in [2.45, 2.75) is 88.4 Å². The summed E-state index contributed by atoms with van der Waals surface area (Å²) in [4.78, 5) is 94.3. The predicted molar refractivity (Wildman–Crippen MR) is 153 cm³/mol. The Hall–Kier alpha value is -4.44. The first-order chi connectivity index (χ1) is 20.3. The third kappa shape index (κ3) is 11.4. The van der Waals surface area contributed by atoms with E-state index in [0.29, 0.717) is 19.3 Å². The fraction of sp³-hybridized carbons (Fsp3) is 0.692. The second-order valence-electron chi connectivity index (χ2n) is 10.8. The number of hydrogen-bond donors (Lipinski definition) is 8. The molecule has 0 unspecified atom stereocenters. The van der Waals surface area contributed by atoms with Crippen LogP contribution in [0.1, 0.15) is 64.2 Å². The van der Waals surface area contributed by atoms with Gasteiger partial charge in [-0.25, -0.2) is 0 Å². The maximum Gasteiger partial charge on any atom is 0.305 e. The zero-order valence-electron chi connectivity index (χ0n) is 24.3. The molecule has 240 valence electrons. The van der Waals surface area contributed by atoms with E-state index in [4.69, 9.17) is 17.2 Å². The topological polar surface area (TPSA) is 282 Å². The number of nitrogens with one attached hydrogen (secondary N) is 4. The first-order valence-corrected chi connectivity index (χ1v) is 14.3. The van der Waals surface area contributed by atoms with Crippen LogP contribution in [0.5, 0.6) is 0 Å². The second kappa shape index (κ2) is 16.9. The van der Waals surface area contributed by atoms with Gasteiger partial charge in [0.1, 0.15) is 24.2 Å². The van der Waals surface area contributed by atoms with Crippen LogP contribution in [-0.2, 0) is 33.6 Å². The molecule has 0 aromatic carbocycles. The predicted octanol–water partition coefficient (Wildman–Crippen LogP) is -3.23. The average Bonchev–Trinajstić information content (AvgIpc) is 2.95. The molecule has 11 N–H and O–H groups in total. The number of carbonyl (C=O) groups is 7. The Kier molecular flexibility index (Phi) is 13.6. The Bertz CT molecular complexity index is 1090. The van der Waals surface area contributed by atoms with Gasteiger partial charge in [-0.1, -0.05) is 19.3 Å². The van der Waals surface area contributed by atoms with Gasteiger partial charge in [0.05, 0.1) is 13.0 Å². The smallest absolute Gasteiger partial charge is 0.305 e. The van der Waals surface area contributed by atoms with Crippen LogP contribution in [0.3, 0.4) is 0 Å². The van der Waals surface area contributed by atoms with Crippen molar-refractivity contribution in [2.75, 3.05) is 20.1 Å². The van der Waals surface area contributed by atoms with E-state index >= 15 is 0 Å². The third-order valence-electron chi connectivity index (χ3n) is 7.56. The molecule has 17 nitrogen and oxygen atoms in total. The summed E-state index contributed by atoms with van der Waals surface area (Å²) in [6, 6.07) is -5.05. The molecule has 0 aromatic heterocycles. The van der Waals surface area contributed by atoms with Crippen molar-refractivity contribution in [3.63, 3.8) is 0 Å². The monoisotopic (exact) mass is 609 g/mol. The highest BCUT2D eigenvalue weighted by molar-refractivity contribution is 5.97. The van der Waals surface area contributed by atoms with Crippen molar-refractivity contribution in [1.29, 1.82) is 0 Å². The molecule has 17 heteroatoms. The molecular weight excluding hydrogens is 566 g/mol. The largest absolute Gasteiger partial charge is 0.481 e. The van der Waals surface area contributed by atoms with Crippen molar-refractivity contribution < 1.29 is 38.7 Å². The third-order valence-corrected chi connectivity index (χ3v) is 7.56. The van der Waals surface area contributed by atoms with E-state index < -0.39 is 78.5 Å². The van der Waals surface area contributed by atoms with Crippen molar-refractivity contribution in [2.24, 2.45) is 28.1 Å². The summed E-state index contributed by atoms with van der Waals surface area (Å²) in [6.07, 6.45) is 2.89. The van der Waals surface area contributed by atoms with Gasteiger partial charge in [-0.15, -0.1) is 0 Å². The molecule has 0 aromatic rings. The second-order valence-corrected chi connectivity index (χ2v) is 10.8. The SMILES string of the molecule is CN1C(=O)CC[C@@H](C(N)=O)NC(=O)[C@H](C2CCCCC2)NC(=O)[C@H](CC(=O)O)NC(=O)CNC(=O)[C@@H]1CCCN=C(N)N. The number of hydrogen-bond acceptors (Lipinski definition) is 8. The fourth-order valence-corrected chi connectivity index (χ4v) is 5.19. The molecule has 6 amide bonds. The highest BCUT2D eigenvalue weighted by Crippen LogP contribution is 2.27. The molecule has 0 spiro atoms. The first-order valence-electron chi connectivity index (χ1n) is 14.3. The van der Waals surface area contributed by atoms with Gasteiger partial charge in [0.25, 0.3) is 0 Å². The van der Waals surface area contributed by atoms with Crippen LogP contribution in [-0.4, -0.2) is 102 Å². The van der Waals surface area contributed by atoms with Gasteiger partial charge in [0.2, 0.25) is 35.4 Å². The highest BCUT2D eigenvalue weighted by atomic mass is 16.4. The molecule has 43 heavy (non-hydrogen) atoms. The van der Waals surface area contributed by atoms with Gasteiger partial charge in [0.15, 0.2) is 5.96 Å². The number of aliphatic carboxylic acids is 1. The van der Waals surface area contributed by atoms with Crippen LogP contribution in [0.2, 0.25) is 0 Å². The molecule has 1 aliphatic carbocycles. The molecule has 2 rings (SSSR count). The lowest BCUT2D eigenvalue weighted by atomic mass is 9.83. The zero-order chi connectivity index (χ0) is 32.1. The standard InChI is InChI=1S/C26H43N9O8/c1-35-17(8-5-11-30-26(28)29)24(42)31-13-18(36)32-16(12-20(38)39)23(41)34-21(14-6-3-2-4-7-14)25(43)33-15(22(27)40)9-10-19(35)37/h14-17,21H,2-13H2,1H3,(H2,27,40)(H,31,42)(H,32,36)(H,33,43)(H,34,41)(H,38,39)(H4,28,29,30)/t15-,16-,17-,21-/m0/s1. The summed E-state index contributed by atoms with van der Waals surface area (Å²) < 4.78 is 0. The number of amides is 6. The van der Waals surface area contributed by atoms with Crippen LogP contribution < -0.4 is 38.5 Å². The summed E-state index contributed by atoms with van der Waals surface area (Å²) in [5, 5.41) is 19.2. The van der Waals surface area contributed by atoms with E-state index in [1.165, 1.54) is 7.05 Å². The lowest BCUT2D eigenvalue weighted by Crippen LogP contribution is -2.59. The van der Waals surface area contributed by atoms with Crippen LogP contribution in [0.4, 0.5) is 0 Å². The van der Waals surface area contributed by atoms with E-state index in [1.54, 1.807) is 0 Å². The summed E-state index contributed by atoms with van der Waals surface area (Å²) in [5.74, 6) is -6.48. The quantitative estimate of drug-likeness (QED) is 0.0773. The molecule has 4 atom stereocenters. The lowest BCUT2D eigenvalue weighted by Gasteiger charge is -2.32. The summed E-state index contributed by atoms with van der Waals surface area (Å²) in [6.45, 7) is -0.455. The number of likely N-dealkylation sites (N-methyl/N-ethyl adjacent to an activating group) is 1. The summed E-state index contributed by atoms with van der Waals surface area (Å²) in [7, 11) is 1.38. The number of nitrogens with zero attached hydrogens (tertiary/aromatic N) is 2. The van der Waals surface area contributed by atoms with Gasteiger partial charge < -0.3 is 48.5 Å². The molecule has 2 aliphatic rings. The van der Waals surface area contributed by atoms with Crippen LogP contribution >= 0.6 is 0 Å². The Morgan fingerprint density at radius 3 is 2.21 bits per heavy atom. The molecule has 0 bridgehead atoms. The molecule has 1 saturated carbocycles. The fourth-order valence-electron chi connectivity index (χ4n) is 5.19. The lowest BCUT2D eigenvalue weighted by molar-refractivity contribution is -0.141. The Morgan fingerprint density at radius 2 is 1.60 bits per heavy atom. The number of primary amides is 1. The van der Waals surface area contributed by atoms with Gasteiger partial charge in [-0.3, -0.25) is 38.6 Å². The molecular formula is C26H43N9O8.